The Morgan fingerprint density at radius 3 is 2.06 bits per heavy atom. The number of carbonyl (C=O) groups excluding carboxylic acids is 3. The molecule has 0 aromatic rings. The summed E-state index contributed by atoms with van der Waals surface area (Å²) < 4.78 is 14.0. The number of hydrogen-bond donors (Lipinski definition) is 0. The van der Waals surface area contributed by atoms with Gasteiger partial charge in [0.15, 0.2) is 12.2 Å². The fourth-order valence-corrected chi connectivity index (χ4v) is 0.918. The number of rotatable bonds is 6. The van der Waals surface area contributed by atoms with Gasteiger partial charge in [-0.05, 0) is 20.8 Å². The van der Waals surface area contributed by atoms with Crippen LogP contribution in [0.5, 0.6) is 0 Å². The van der Waals surface area contributed by atoms with E-state index in [9.17, 15) is 14.4 Å². The molecule has 17 heavy (non-hydrogen) atoms. The fraction of sp³-hybridized carbons (Fsp3) is 0.700. The van der Waals surface area contributed by atoms with Gasteiger partial charge in [0.05, 0.1) is 6.61 Å². The van der Waals surface area contributed by atoms with Gasteiger partial charge >= 0.3 is 17.9 Å². The van der Waals surface area contributed by atoms with Gasteiger partial charge in [0.1, 0.15) is 5.88 Å². The summed E-state index contributed by atoms with van der Waals surface area (Å²) in [6, 6.07) is 0. The fourth-order valence-electron chi connectivity index (χ4n) is 0.855. The maximum absolute atomic E-state index is 11.4. The maximum atomic E-state index is 11.4. The predicted octanol–water partition coefficient (Wildman–Crippen LogP) is 0.652. The van der Waals surface area contributed by atoms with Gasteiger partial charge in [-0.1, -0.05) is 0 Å². The molecule has 0 aliphatic heterocycles. The van der Waals surface area contributed by atoms with Crippen LogP contribution in [-0.4, -0.2) is 42.6 Å². The zero-order chi connectivity index (χ0) is 13.4. The van der Waals surface area contributed by atoms with Crippen molar-refractivity contribution in [2.45, 2.75) is 33.0 Å². The third-order valence-electron chi connectivity index (χ3n) is 1.66. The van der Waals surface area contributed by atoms with Gasteiger partial charge in [-0.2, -0.15) is 0 Å². The summed E-state index contributed by atoms with van der Waals surface area (Å²) in [5.74, 6) is -2.58. The minimum Gasteiger partial charge on any atom is -0.463 e. The first-order valence-electron chi connectivity index (χ1n) is 5.04. The summed E-state index contributed by atoms with van der Waals surface area (Å²) in [4.78, 5) is 33.3. The Morgan fingerprint density at radius 1 is 1.06 bits per heavy atom. The lowest BCUT2D eigenvalue weighted by Gasteiger charge is -2.15. The Hall–Kier alpha value is -1.30. The highest BCUT2D eigenvalue weighted by Gasteiger charge is 2.24. The van der Waals surface area contributed by atoms with E-state index in [0.29, 0.717) is 0 Å². The third kappa shape index (κ3) is 6.11. The Morgan fingerprint density at radius 2 is 1.59 bits per heavy atom. The second-order valence-corrected chi connectivity index (χ2v) is 3.36. The molecule has 0 heterocycles. The Kier molecular flexibility index (Phi) is 7.29. The molecule has 0 radical (unpaired) electrons. The lowest BCUT2D eigenvalue weighted by atomic mass is 10.3. The normalized spacial score (nSPS) is 13.4. The minimum absolute atomic E-state index is 0.192. The Labute approximate surface area is 104 Å². The molecule has 0 bridgehead atoms. The van der Waals surface area contributed by atoms with Crippen LogP contribution in [0.25, 0.3) is 0 Å². The van der Waals surface area contributed by atoms with Crippen LogP contribution in [-0.2, 0) is 28.6 Å². The third-order valence-corrected chi connectivity index (χ3v) is 1.88. The van der Waals surface area contributed by atoms with Gasteiger partial charge < -0.3 is 14.2 Å². The SMILES string of the molecule is CCOC(=O)[C@H](C)OC(=O)[C@H](C)OC(=O)CCl. The van der Waals surface area contributed by atoms with E-state index in [4.69, 9.17) is 16.3 Å². The molecule has 0 unspecified atom stereocenters. The largest absolute Gasteiger partial charge is 0.463 e. The molecule has 0 aliphatic rings. The zero-order valence-corrected chi connectivity index (χ0v) is 10.7. The summed E-state index contributed by atoms with van der Waals surface area (Å²) in [5, 5.41) is 0. The van der Waals surface area contributed by atoms with E-state index in [0.717, 1.165) is 0 Å². The van der Waals surface area contributed by atoms with Crippen LogP contribution in [0.3, 0.4) is 0 Å². The van der Waals surface area contributed by atoms with Gasteiger partial charge in [-0.15, -0.1) is 11.6 Å². The van der Waals surface area contributed by atoms with E-state index >= 15 is 0 Å². The molecule has 0 aromatic carbocycles. The second kappa shape index (κ2) is 7.89. The lowest BCUT2D eigenvalue weighted by Crippen LogP contribution is -2.33. The molecule has 0 rings (SSSR count). The molecule has 98 valence electrons. The van der Waals surface area contributed by atoms with E-state index in [1.165, 1.54) is 13.8 Å². The standard InChI is InChI=1S/C10H15ClO6/c1-4-15-9(13)6(2)17-10(14)7(3)16-8(12)5-11/h6-7H,4-5H2,1-3H3/t6-,7-/m0/s1. The first-order valence-corrected chi connectivity index (χ1v) is 5.58. The molecule has 0 N–H and O–H groups in total. The van der Waals surface area contributed by atoms with Crippen molar-refractivity contribution >= 4 is 29.5 Å². The topological polar surface area (TPSA) is 78.9 Å². The molecule has 0 aromatic heterocycles. The summed E-state index contributed by atoms with van der Waals surface area (Å²) >= 11 is 5.20. The molecule has 0 amide bonds. The Balaban J connectivity index is 4.15. The van der Waals surface area contributed by atoms with Crippen molar-refractivity contribution in [1.29, 1.82) is 0 Å². The first kappa shape index (κ1) is 15.7. The number of esters is 3. The van der Waals surface area contributed by atoms with Crippen molar-refractivity contribution in [3.8, 4) is 0 Å². The molecule has 6 nitrogen and oxygen atoms in total. The summed E-state index contributed by atoms with van der Waals surface area (Å²) in [7, 11) is 0. The van der Waals surface area contributed by atoms with E-state index in [2.05, 4.69) is 9.47 Å². The van der Waals surface area contributed by atoms with Gasteiger partial charge in [0.25, 0.3) is 0 Å². The molecule has 0 saturated carbocycles. The van der Waals surface area contributed by atoms with Crippen molar-refractivity contribution < 1.29 is 28.6 Å². The van der Waals surface area contributed by atoms with Gasteiger partial charge in [0, 0.05) is 0 Å². The van der Waals surface area contributed by atoms with Crippen LogP contribution < -0.4 is 0 Å². The summed E-state index contributed by atoms with van der Waals surface area (Å²) in [6.07, 6.45) is -2.15. The van der Waals surface area contributed by atoms with Crippen LogP contribution in [0.4, 0.5) is 0 Å². The minimum atomic E-state index is -1.11. The van der Waals surface area contributed by atoms with Gasteiger partial charge in [0.2, 0.25) is 0 Å². The van der Waals surface area contributed by atoms with Crippen molar-refractivity contribution in [2.75, 3.05) is 12.5 Å². The van der Waals surface area contributed by atoms with Gasteiger partial charge in [-0.3, -0.25) is 4.79 Å². The zero-order valence-electron chi connectivity index (χ0n) is 9.90. The van der Waals surface area contributed by atoms with Crippen LogP contribution in [0.1, 0.15) is 20.8 Å². The van der Waals surface area contributed by atoms with Crippen molar-refractivity contribution in [3.05, 3.63) is 0 Å². The number of ether oxygens (including phenoxy) is 3. The van der Waals surface area contributed by atoms with Crippen molar-refractivity contribution in [3.63, 3.8) is 0 Å². The van der Waals surface area contributed by atoms with E-state index in [1.807, 2.05) is 0 Å². The van der Waals surface area contributed by atoms with Crippen LogP contribution >= 0.6 is 11.6 Å². The van der Waals surface area contributed by atoms with Crippen LogP contribution in [0.2, 0.25) is 0 Å². The molecular formula is C10H15ClO6. The average Bonchev–Trinajstić information content (AvgIpc) is 2.28. The summed E-state index contributed by atoms with van der Waals surface area (Å²) in [5.41, 5.74) is 0. The number of alkyl halides is 1. The highest BCUT2D eigenvalue weighted by molar-refractivity contribution is 6.26. The number of halogens is 1. The molecular weight excluding hydrogens is 252 g/mol. The lowest BCUT2D eigenvalue weighted by molar-refractivity contribution is -0.175. The predicted molar refractivity (Wildman–Crippen MR) is 58.5 cm³/mol. The molecule has 7 heteroatoms. The van der Waals surface area contributed by atoms with Crippen molar-refractivity contribution in [1.82, 2.24) is 0 Å². The second-order valence-electron chi connectivity index (χ2n) is 3.10. The van der Waals surface area contributed by atoms with E-state index in [-0.39, 0.29) is 12.5 Å². The number of carbonyl (C=O) groups is 3. The first-order chi connectivity index (χ1) is 7.92. The average molecular weight is 267 g/mol. The van der Waals surface area contributed by atoms with E-state index in [1.54, 1.807) is 6.92 Å². The molecule has 0 spiro atoms. The number of hydrogen-bond acceptors (Lipinski definition) is 6. The Bertz CT molecular complexity index is 291. The van der Waals surface area contributed by atoms with Gasteiger partial charge in [-0.25, -0.2) is 9.59 Å². The molecule has 2 atom stereocenters. The summed E-state index contributed by atoms with van der Waals surface area (Å²) in [6.45, 7) is 4.52. The van der Waals surface area contributed by atoms with Crippen molar-refractivity contribution in [2.24, 2.45) is 0 Å². The highest BCUT2D eigenvalue weighted by atomic mass is 35.5. The van der Waals surface area contributed by atoms with E-state index < -0.39 is 30.1 Å². The quantitative estimate of drug-likeness (QED) is 0.399. The molecule has 0 aliphatic carbocycles. The monoisotopic (exact) mass is 266 g/mol. The molecule has 0 fully saturated rings. The van der Waals surface area contributed by atoms with Crippen LogP contribution in [0.15, 0.2) is 0 Å². The molecule has 0 saturated heterocycles. The smallest absolute Gasteiger partial charge is 0.347 e. The highest BCUT2D eigenvalue weighted by Crippen LogP contribution is 2.02. The van der Waals surface area contributed by atoms with Crippen LogP contribution in [0, 0.1) is 0 Å². The maximum Gasteiger partial charge on any atom is 0.347 e.